The first kappa shape index (κ1) is 31.7. The van der Waals surface area contributed by atoms with Crippen molar-refractivity contribution in [3.05, 3.63) is 105 Å². The zero-order valence-electron chi connectivity index (χ0n) is 22.7. The molecule has 0 aliphatic carbocycles. The van der Waals surface area contributed by atoms with Crippen LogP contribution in [0.4, 0.5) is 5.69 Å². The van der Waals surface area contributed by atoms with Crippen molar-refractivity contribution in [1.82, 2.24) is 4.31 Å². The number of rotatable bonds is 8. The smallest absolute Gasteiger partial charge is 0.269 e. The van der Waals surface area contributed by atoms with Crippen molar-refractivity contribution in [2.75, 3.05) is 26.3 Å². The third kappa shape index (κ3) is 9.36. The summed E-state index contributed by atoms with van der Waals surface area (Å²) >= 11 is 0. The molecule has 3 aromatic carbocycles. The number of hydrogen-bond donors (Lipinski definition) is 2. The van der Waals surface area contributed by atoms with Crippen LogP contribution in [0.2, 0.25) is 0 Å². The number of unbranched alkanes of at least 4 members (excludes halogenated alkanes) is 2. The molecule has 0 fully saturated rings. The topological polar surface area (TPSA) is 121 Å². The summed E-state index contributed by atoms with van der Waals surface area (Å²) in [5.41, 5.74) is 2.49. The number of nitro groups is 1. The minimum atomic E-state index is -4.00. The van der Waals surface area contributed by atoms with Crippen molar-refractivity contribution in [3.8, 4) is 47.4 Å². The van der Waals surface area contributed by atoms with Gasteiger partial charge in [0.1, 0.15) is 13.2 Å². The molecule has 0 saturated heterocycles. The molecule has 0 aliphatic heterocycles. The lowest BCUT2D eigenvalue weighted by molar-refractivity contribution is -0.384. The fourth-order valence-electron chi connectivity index (χ4n) is 3.73. The molecule has 9 heteroatoms. The monoisotopic (exact) mass is 580 g/mol. The average molecular weight is 581 g/mol. The number of benzene rings is 3. The lowest BCUT2D eigenvalue weighted by Gasteiger charge is -2.19. The number of sulfonamides is 1. The number of aliphatic hydroxyl groups excluding tert-OH is 2. The molecule has 0 atom stereocenters. The number of hydrogen-bond acceptors (Lipinski definition) is 6. The Kier molecular flexibility index (Phi) is 12.4. The largest absolute Gasteiger partial charge is 0.384 e. The first-order valence-electron chi connectivity index (χ1n) is 13.0. The molecule has 0 unspecified atom stereocenters. The molecule has 42 heavy (non-hydrogen) atoms. The van der Waals surface area contributed by atoms with E-state index in [0.717, 1.165) is 23.3 Å². The molecule has 0 amide bonds. The van der Waals surface area contributed by atoms with Crippen LogP contribution in [0.15, 0.2) is 77.7 Å². The van der Waals surface area contributed by atoms with Gasteiger partial charge in [0.15, 0.2) is 0 Å². The van der Waals surface area contributed by atoms with E-state index in [0.29, 0.717) is 30.4 Å². The number of nitrogens with zero attached hydrogens (tertiary/aromatic N) is 2. The molecule has 3 aromatic rings. The average Bonchev–Trinajstić information content (AvgIpc) is 3.00. The third-order valence-electron chi connectivity index (χ3n) is 5.80. The fraction of sp³-hybridized carbons (Fsp3) is 0.212. The van der Waals surface area contributed by atoms with Crippen LogP contribution in [0.5, 0.6) is 0 Å². The Hall–Kier alpha value is -4.87. The summed E-state index contributed by atoms with van der Waals surface area (Å²) in [5, 5.41) is 29.0. The summed E-state index contributed by atoms with van der Waals surface area (Å²) in [6.45, 7) is -0.475. The molecule has 3 rings (SSSR count). The van der Waals surface area contributed by atoms with Gasteiger partial charge in [0, 0.05) is 47.4 Å². The molecule has 0 aromatic heterocycles. The van der Waals surface area contributed by atoms with Crippen LogP contribution >= 0.6 is 0 Å². The lowest BCUT2D eigenvalue weighted by atomic mass is 10.1. The highest BCUT2D eigenvalue weighted by molar-refractivity contribution is 7.89. The van der Waals surface area contributed by atoms with Gasteiger partial charge in [-0.05, 0) is 49.2 Å². The Balaban J connectivity index is 1.76. The van der Waals surface area contributed by atoms with Gasteiger partial charge in [0.25, 0.3) is 5.69 Å². The van der Waals surface area contributed by atoms with E-state index in [2.05, 4.69) is 47.4 Å². The zero-order valence-corrected chi connectivity index (χ0v) is 23.5. The van der Waals surface area contributed by atoms with E-state index in [1.54, 1.807) is 24.3 Å². The van der Waals surface area contributed by atoms with E-state index in [-0.39, 0.29) is 36.9 Å². The Morgan fingerprint density at radius 3 is 1.64 bits per heavy atom. The van der Waals surface area contributed by atoms with Crippen LogP contribution < -0.4 is 0 Å². The summed E-state index contributed by atoms with van der Waals surface area (Å²) < 4.78 is 28.2. The highest BCUT2D eigenvalue weighted by Crippen LogP contribution is 2.20. The highest BCUT2D eigenvalue weighted by Gasteiger charge is 2.24. The molecule has 0 saturated carbocycles. The van der Waals surface area contributed by atoms with Crippen LogP contribution in [-0.2, 0) is 10.0 Å². The van der Waals surface area contributed by atoms with E-state index in [1.807, 2.05) is 24.3 Å². The summed E-state index contributed by atoms with van der Waals surface area (Å²) in [6, 6.07) is 19.2. The van der Waals surface area contributed by atoms with Gasteiger partial charge in [-0.25, -0.2) is 8.42 Å². The summed E-state index contributed by atoms with van der Waals surface area (Å²) in [7, 11) is -4.00. The molecule has 212 valence electrons. The minimum absolute atomic E-state index is 0.0653. The maximum Gasteiger partial charge on any atom is 0.269 e. The molecule has 0 heterocycles. The van der Waals surface area contributed by atoms with E-state index in [9.17, 15) is 18.5 Å². The second-order valence-corrected chi connectivity index (χ2v) is 10.6. The maximum absolute atomic E-state index is 13.5. The zero-order chi connectivity index (χ0) is 30.2. The van der Waals surface area contributed by atoms with Gasteiger partial charge in [-0.1, -0.05) is 71.6 Å². The summed E-state index contributed by atoms with van der Waals surface area (Å²) in [6.07, 6.45) is 1.65. The standard InChI is InChI=1S/C33H28N2O6S/c36-26-10-18-30-15-6-4-13-28(30)12-3-1-2-8-24-34(42(40,41)33-22-20-32(21-23-33)35(38)39)25-9-17-29-14-5-7-16-31(29)19-11-27-37/h4-7,13-16,20-23,36-37H,1-2,8,24-27H2. The van der Waals surface area contributed by atoms with Gasteiger partial charge in [0.2, 0.25) is 10.0 Å². The number of non-ortho nitro benzene ring substituents is 1. The van der Waals surface area contributed by atoms with Crippen LogP contribution in [0.3, 0.4) is 0 Å². The normalized spacial score (nSPS) is 10.2. The van der Waals surface area contributed by atoms with Crippen molar-refractivity contribution < 1.29 is 23.6 Å². The van der Waals surface area contributed by atoms with E-state index >= 15 is 0 Å². The van der Waals surface area contributed by atoms with Crippen molar-refractivity contribution in [1.29, 1.82) is 0 Å². The van der Waals surface area contributed by atoms with Gasteiger partial charge in [0.05, 0.1) is 16.4 Å². The molecule has 0 spiro atoms. The second kappa shape index (κ2) is 16.4. The van der Waals surface area contributed by atoms with E-state index in [1.165, 1.54) is 16.4 Å². The van der Waals surface area contributed by atoms with Gasteiger partial charge >= 0.3 is 0 Å². The molecule has 0 radical (unpaired) electrons. The van der Waals surface area contributed by atoms with Gasteiger partial charge in [-0.15, -0.1) is 0 Å². The predicted octanol–water partition coefficient (Wildman–Crippen LogP) is 3.55. The predicted molar refractivity (Wildman–Crippen MR) is 160 cm³/mol. The van der Waals surface area contributed by atoms with Crippen molar-refractivity contribution >= 4 is 15.7 Å². The Bertz CT molecular complexity index is 1750. The highest BCUT2D eigenvalue weighted by atomic mass is 32.2. The van der Waals surface area contributed by atoms with Crippen LogP contribution in [-0.4, -0.2) is 54.2 Å². The Labute approximate surface area is 246 Å². The second-order valence-electron chi connectivity index (χ2n) is 8.66. The summed E-state index contributed by atoms with van der Waals surface area (Å²) in [4.78, 5) is 10.4. The molecule has 0 bridgehead atoms. The molecule has 8 nitrogen and oxygen atoms in total. The Morgan fingerprint density at radius 2 is 1.17 bits per heavy atom. The third-order valence-corrected chi connectivity index (χ3v) is 7.66. The van der Waals surface area contributed by atoms with Crippen LogP contribution in [0, 0.1) is 57.5 Å². The van der Waals surface area contributed by atoms with Crippen LogP contribution in [0.25, 0.3) is 0 Å². The number of nitro benzene ring substituents is 1. The van der Waals surface area contributed by atoms with E-state index < -0.39 is 14.9 Å². The molecular formula is C33H28N2O6S. The van der Waals surface area contributed by atoms with Crippen molar-refractivity contribution in [2.24, 2.45) is 0 Å². The van der Waals surface area contributed by atoms with Gasteiger partial charge < -0.3 is 10.2 Å². The van der Waals surface area contributed by atoms with Crippen molar-refractivity contribution in [2.45, 2.75) is 24.2 Å². The molecule has 2 N–H and O–H groups in total. The molecule has 0 aliphatic rings. The van der Waals surface area contributed by atoms with Crippen LogP contribution in [0.1, 0.15) is 41.5 Å². The summed E-state index contributed by atoms with van der Waals surface area (Å²) in [5.74, 6) is 23.0. The maximum atomic E-state index is 13.5. The number of aliphatic hydroxyl groups is 2. The lowest BCUT2D eigenvalue weighted by Crippen LogP contribution is -2.32. The first-order valence-corrected chi connectivity index (χ1v) is 14.4. The fourth-order valence-corrected chi connectivity index (χ4v) is 5.11. The van der Waals surface area contributed by atoms with Gasteiger partial charge in [-0.2, -0.15) is 4.31 Å². The SMILES string of the molecule is O=[N+]([O-])c1ccc(S(=O)(=O)N(CC#Cc2ccccc2C#CCO)CCCCC#Cc2ccccc2C#CCO)cc1. The quantitative estimate of drug-likeness (QED) is 0.182. The van der Waals surface area contributed by atoms with Gasteiger partial charge in [-0.3, -0.25) is 10.1 Å². The Morgan fingerprint density at radius 1 is 0.690 bits per heavy atom. The first-order chi connectivity index (χ1) is 20.4. The van der Waals surface area contributed by atoms with Crippen molar-refractivity contribution in [3.63, 3.8) is 0 Å². The minimum Gasteiger partial charge on any atom is -0.384 e. The molecular weight excluding hydrogens is 552 g/mol. The van der Waals surface area contributed by atoms with E-state index in [4.69, 9.17) is 10.2 Å².